The molecule has 1 unspecified atom stereocenters. The molecule has 4 heteroatoms. The zero-order valence-electron chi connectivity index (χ0n) is 9.72. The van der Waals surface area contributed by atoms with Crippen LogP contribution >= 0.6 is 0 Å². The van der Waals surface area contributed by atoms with Gasteiger partial charge in [-0.15, -0.1) is 0 Å². The Morgan fingerprint density at radius 1 is 1.62 bits per heavy atom. The van der Waals surface area contributed by atoms with E-state index in [1.807, 2.05) is 6.07 Å². The fraction of sp³-hybridized carbons (Fsp3) is 0.583. The number of anilines is 1. The first-order valence-electron chi connectivity index (χ1n) is 5.77. The minimum Gasteiger partial charge on any atom is -0.380 e. The van der Waals surface area contributed by atoms with Gasteiger partial charge < -0.3 is 15.4 Å². The Kier molecular flexibility index (Phi) is 3.74. The van der Waals surface area contributed by atoms with E-state index in [2.05, 4.69) is 16.0 Å². The van der Waals surface area contributed by atoms with Gasteiger partial charge in [-0.25, -0.2) is 0 Å². The summed E-state index contributed by atoms with van der Waals surface area (Å²) in [5.41, 5.74) is 7.83. The normalized spacial score (nSPS) is 21.1. The second-order valence-corrected chi connectivity index (χ2v) is 4.12. The van der Waals surface area contributed by atoms with E-state index in [9.17, 15) is 0 Å². The second kappa shape index (κ2) is 5.27. The number of rotatable bonds is 3. The zero-order chi connectivity index (χ0) is 11.4. The van der Waals surface area contributed by atoms with Crippen LogP contribution in [0.1, 0.15) is 18.5 Å². The van der Waals surface area contributed by atoms with Crippen molar-refractivity contribution in [3.05, 3.63) is 24.0 Å². The van der Waals surface area contributed by atoms with Crippen LogP contribution in [0.15, 0.2) is 18.3 Å². The number of nitrogens with two attached hydrogens (primary N) is 1. The molecule has 1 fully saturated rings. The molecule has 0 radical (unpaired) electrons. The molecule has 2 rings (SSSR count). The van der Waals surface area contributed by atoms with Gasteiger partial charge in [-0.2, -0.15) is 0 Å². The van der Waals surface area contributed by atoms with Crippen molar-refractivity contribution in [2.24, 2.45) is 5.73 Å². The highest BCUT2D eigenvalue weighted by Crippen LogP contribution is 2.23. The van der Waals surface area contributed by atoms with Crippen LogP contribution in [-0.4, -0.2) is 31.3 Å². The van der Waals surface area contributed by atoms with Crippen LogP contribution < -0.4 is 10.6 Å². The number of methoxy groups -OCH3 is 1. The van der Waals surface area contributed by atoms with Gasteiger partial charge in [0.05, 0.1) is 17.5 Å². The van der Waals surface area contributed by atoms with Crippen LogP contribution in [0.4, 0.5) is 5.69 Å². The molecule has 0 saturated carbocycles. The lowest BCUT2D eigenvalue weighted by Crippen LogP contribution is -2.39. The predicted octanol–water partition coefficient (Wildman–Crippen LogP) is 1.16. The number of aromatic nitrogens is 1. The van der Waals surface area contributed by atoms with Crippen molar-refractivity contribution in [2.45, 2.75) is 25.5 Å². The van der Waals surface area contributed by atoms with E-state index in [0.717, 1.165) is 37.3 Å². The van der Waals surface area contributed by atoms with Gasteiger partial charge in [0.2, 0.25) is 0 Å². The van der Waals surface area contributed by atoms with Crippen LogP contribution in [0.5, 0.6) is 0 Å². The molecule has 16 heavy (non-hydrogen) atoms. The molecule has 1 aromatic heterocycles. The molecule has 0 bridgehead atoms. The number of pyridine rings is 1. The highest BCUT2D eigenvalue weighted by molar-refractivity contribution is 5.50. The summed E-state index contributed by atoms with van der Waals surface area (Å²) < 4.78 is 5.42. The molecule has 0 amide bonds. The first-order chi connectivity index (χ1) is 7.85. The Labute approximate surface area is 96.4 Å². The Morgan fingerprint density at radius 2 is 2.50 bits per heavy atom. The summed E-state index contributed by atoms with van der Waals surface area (Å²) in [4.78, 5) is 6.64. The standard InChI is InChI=1S/C12H19N3O/c1-16-10-4-3-7-15(9-10)12-5-2-6-14-11(12)8-13/h2,5-6,10H,3-4,7-9,13H2,1H3. The van der Waals surface area contributed by atoms with Gasteiger partial charge in [0.15, 0.2) is 0 Å². The average Bonchev–Trinajstić information content (AvgIpc) is 2.38. The van der Waals surface area contributed by atoms with Gasteiger partial charge in [-0.1, -0.05) is 0 Å². The fourth-order valence-corrected chi connectivity index (χ4v) is 2.22. The summed E-state index contributed by atoms with van der Waals surface area (Å²) in [7, 11) is 1.78. The third-order valence-corrected chi connectivity index (χ3v) is 3.11. The van der Waals surface area contributed by atoms with Crippen LogP contribution in [0.2, 0.25) is 0 Å². The van der Waals surface area contributed by atoms with E-state index in [1.165, 1.54) is 0 Å². The van der Waals surface area contributed by atoms with E-state index < -0.39 is 0 Å². The lowest BCUT2D eigenvalue weighted by Gasteiger charge is -2.34. The van der Waals surface area contributed by atoms with Gasteiger partial charge in [0.25, 0.3) is 0 Å². The van der Waals surface area contributed by atoms with Crippen molar-refractivity contribution < 1.29 is 4.74 Å². The maximum absolute atomic E-state index is 5.70. The number of ether oxygens (including phenoxy) is 1. The molecule has 1 aromatic rings. The monoisotopic (exact) mass is 221 g/mol. The highest BCUT2D eigenvalue weighted by Gasteiger charge is 2.21. The SMILES string of the molecule is COC1CCCN(c2cccnc2CN)C1. The molecule has 0 aromatic carbocycles. The van der Waals surface area contributed by atoms with Crippen LogP contribution in [0.25, 0.3) is 0 Å². The summed E-state index contributed by atoms with van der Waals surface area (Å²) in [6.45, 7) is 2.50. The third-order valence-electron chi connectivity index (χ3n) is 3.11. The Balaban J connectivity index is 2.16. The van der Waals surface area contributed by atoms with Crippen molar-refractivity contribution >= 4 is 5.69 Å². The van der Waals surface area contributed by atoms with Crippen LogP contribution in [0.3, 0.4) is 0 Å². The summed E-state index contributed by atoms with van der Waals surface area (Å²) in [6.07, 6.45) is 4.44. The second-order valence-electron chi connectivity index (χ2n) is 4.12. The highest BCUT2D eigenvalue weighted by atomic mass is 16.5. The van der Waals surface area contributed by atoms with Gasteiger partial charge >= 0.3 is 0 Å². The maximum atomic E-state index is 5.70. The van der Waals surface area contributed by atoms with E-state index in [1.54, 1.807) is 13.3 Å². The molecule has 1 atom stereocenters. The van der Waals surface area contributed by atoms with E-state index in [4.69, 9.17) is 10.5 Å². The zero-order valence-corrected chi connectivity index (χ0v) is 9.72. The molecule has 1 aliphatic rings. The van der Waals surface area contributed by atoms with E-state index >= 15 is 0 Å². The maximum Gasteiger partial charge on any atom is 0.0772 e. The molecule has 2 N–H and O–H groups in total. The summed E-state index contributed by atoms with van der Waals surface area (Å²) in [5, 5.41) is 0. The molecular formula is C12H19N3O. The first kappa shape index (κ1) is 11.4. The number of hydrogen-bond acceptors (Lipinski definition) is 4. The number of hydrogen-bond donors (Lipinski definition) is 1. The minimum absolute atomic E-state index is 0.333. The van der Waals surface area contributed by atoms with Crippen molar-refractivity contribution in [1.29, 1.82) is 0 Å². The number of nitrogens with zero attached hydrogens (tertiary/aromatic N) is 2. The summed E-state index contributed by atoms with van der Waals surface area (Å²) in [6, 6.07) is 4.05. The lowest BCUT2D eigenvalue weighted by atomic mass is 10.1. The van der Waals surface area contributed by atoms with Crippen molar-refractivity contribution in [3.8, 4) is 0 Å². The van der Waals surface area contributed by atoms with E-state index in [-0.39, 0.29) is 0 Å². The Bertz CT molecular complexity index is 343. The van der Waals surface area contributed by atoms with Gasteiger partial charge in [-0.05, 0) is 25.0 Å². The molecule has 0 aliphatic carbocycles. The molecular weight excluding hydrogens is 202 g/mol. The molecule has 4 nitrogen and oxygen atoms in total. The topological polar surface area (TPSA) is 51.4 Å². The molecule has 2 heterocycles. The van der Waals surface area contributed by atoms with Crippen molar-refractivity contribution in [1.82, 2.24) is 4.98 Å². The lowest BCUT2D eigenvalue weighted by molar-refractivity contribution is 0.0893. The summed E-state index contributed by atoms with van der Waals surface area (Å²) in [5.74, 6) is 0. The first-order valence-corrected chi connectivity index (χ1v) is 5.77. The molecule has 1 aliphatic heterocycles. The Hall–Kier alpha value is -1.13. The van der Waals surface area contributed by atoms with Gasteiger partial charge in [0.1, 0.15) is 0 Å². The van der Waals surface area contributed by atoms with Gasteiger partial charge in [0, 0.05) is 32.9 Å². The number of piperidine rings is 1. The van der Waals surface area contributed by atoms with Gasteiger partial charge in [-0.3, -0.25) is 4.98 Å². The largest absolute Gasteiger partial charge is 0.380 e. The molecule has 0 spiro atoms. The summed E-state index contributed by atoms with van der Waals surface area (Å²) >= 11 is 0. The quantitative estimate of drug-likeness (QED) is 0.832. The fourth-order valence-electron chi connectivity index (χ4n) is 2.22. The van der Waals surface area contributed by atoms with Crippen molar-refractivity contribution in [3.63, 3.8) is 0 Å². The molecule has 1 saturated heterocycles. The van der Waals surface area contributed by atoms with Crippen molar-refractivity contribution in [2.75, 3.05) is 25.1 Å². The van der Waals surface area contributed by atoms with Crippen LogP contribution in [-0.2, 0) is 11.3 Å². The predicted molar refractivity (Wildman–Crippen MR) is 64.4 cm³/mol. The average molecular weight is 221 g/mol. The minimum atomic E-state index is 0.333. The van der Waals surface area contributed by atoms with E-state index in [0.29, 0.717) is 12.6 Å². The van der Waals surface area contributed by atoms with Crippen LogP contribution in [0, 0.1) is 0 Å². The molecule has 88 valence electrons. The smallest absolute Gasteiger partial charge is 0.0772 e. The third kappa shape index (κ3) is 2.33. The Morgan fingerprint density at radius 3 is 3.25 bits per heavy atom.